The predicted molar refractivity (Wildman–Crippen MR) is 114 cm³/mol. The average Bonchev–Trinajstić information content (AvgIpc) is 2.67. The fraction of sp³-hybridized carbons (Fsp3) is 0.0455. The van der Waals surface area contributed by atoms with Gasteiger partial charge in [0.05, 0.1) is 16.8 Å². The number of hydrogen-bond donors (Lipinski definition) is 1. The second-order valence-electron chi connectivity index (χ2n) is 6.43. The van der Waals surface area contributed by atoms with E-state index in [9.17, 15) is 4.79 Å². The van der Waals surface area contributed by atoms with Crippen molar-refractivity contribution in [1.29, 1.82) is 0 Å². The van der Waals surface area contributed by atoms with E-state index in [-0.39, 0.29) is 5.91 Å². The Labute approximate surface area is 172 Å². The lowest BCUT2D eigenvalue weighted by Crippen LogP contribution is -2.13. The molecule has 0 aliphatic heterocycles. The number of benzene rings is 2. The van der Waals surface area contributed by atoms with Crippen LogP contribution in [0.15, 0.2) is 67.0 Å². The van der Waals surface area contributed by atoms with Gasteiger partial charge in [0.1, 0.15) is 0 Å². The second kappa shape index (κ2) is 7.58. The zero-order valence-electron chi connectivity index (χ0n) is 14.9. The summed E-state index contributed by atoms with van der Waals surface area (Å²) in [4.78, 5) is 22.0. The van der Waals surface area contributed by atoms with E-state index in [0.717, 1.165) is 22.0 Å². The van der Waals surface area contributed by atoms with Crippen LogP contribution in [0.5, 0.6) is 0 Å². The van der Waals surface area contributed by atoms with Gasteiger partial charge in [-0.2, -0.15) is 0 Å². The van der Waals surface area contributed by atoms with Gasteiger partial charge in [-0.05, 0) is 55.5 Å². The Morgan fingerprint density at radius 1 is 1.00 bits per heavy atom. The number of carbonyl (C=O) groups is 1. The number of aromatic nitrogens is 2. The van der Waals surface area contributed by atoms with Gasteiger partial charge in [-0.1, -0.05) is 34.8 Å². The van der Waals surface area contributed by atoms with Crippen molar-refractivity contribution >= 4 is 45.7 Å². The van der Waals surface area contributed by atoms with Crippen molar-refractivity contribution in [2.45, 2.75) is 6.92 Å². The van der Waals surface area contributed by atoms with Gasteiger partial charge in [0.25, 0.3) is 5.91 Å². The number of halogens is 2. The van der Waals surface area contributed by atoms with Crippen LogP contribution < -0.4 is 5.32 Å². The molecule has 4 nitrogen and oxygen atoms in total. The Kier molecular flexibility index (Phi) is 4.99. The maximum absolute atomic E-state index is 13.1. The first-order chi connectivity index (χ1) is 13.5. The van der Waals surface area contributed by atoms with E-state index in [1.165, 1.54) is 0 Å². The Morgan fingerprint density at radius 2 is 1.79 bits per heavy atom. The molecule has 0 saturated heterocycles. The van der Waals surface area contributed by atoms with E-state index >= 15 is 0 Å². The van der Waals surface area contributed by atoms with E-state index in [2.05, 4.69) is 10.3 Å². The molecule has 0 atom stereocenters. The van der Waals surface area contributed by atoms with Crippen LogP contribution in [0.25, 0.3) is 22.2 Å². The molecule has 2 aromatic carbocycles. The quantitative estimate of drug-likeness (QED) is 0.442. The molecule has 0 bridgehead atoms. The van der Waals surface area contributed by atoms with Crippen molar-refractivity contribution in [1.82, 2.24) is 9.97 Å². The Hall–Kier alpha value is -2.95. The van der Waals surface area contributed by atoms with Crippen LogP contribution >= 0.6 is 23.2 Å². The number of anilines is 1. The molecule has 0 spiro atoms. The topological polar surface area (TPSA) is 54.9 Å². The molecule has 4 rings (SSSR count). The van der Waals surface area contributed by atoms with Crippen LogP contribution in [0.3, 0.4) is 0 Å². The molecule has 0 aliphatic carbocycles. The summed E-state index contributed by atoms with van der Waals surface area (Å²) in [6, 6.07) is 16.3. The SMILES string of the molecule is Cc1ccc2nc(-c3cccnc3)cc(C(=O)Nc3cc(Cl)cc(Cl)c3)c2c1. The highest BCUT2D eigenvalue weighted by Crippen LogP contribution is 2.27. The minimum Gasteiger partial charge on any atom is -0.322 e. The third-order valence-corrected chi connectivity index (χ3v) is 4.72. The number of pyridine rings is 2. The zero-order valence-corrected chi connectivity index (χ0v) is 16.4. The Morgan fingerprint density at radius 3 is 2.50 bits per heavy atom. The summed E-state index contributed by atoms with van der Waals surface area (Å²) in [6.45, 7) is 1.98. The Balaban J connectivity index is 1.83. The fourth-order valence-corrected chi connectivity index (χ4v) is 3.54. The molecular formula is C22H15Cl2N3O. The maximum Gasteiger partial charge on any atom is 0.256 e. The summed E-state index contributed by atoms with van der Waals surface area (Å²) < 4.78 is 0. The highest BCUT2D eigenvalue weighted by Gasteiger charge is 2.15. The summed E-state index contributed by atoms with van der Waals surface area (Å²) in [6.07, 6.45) is 3.42. The molecule has 0 radical (unpaired) electrons. The normalized spacial score (nSPS) is 10.8. The first-order valence-corrected chi connectivity index (χ1v) is 9.34. The first kappa shape index (κ1) is 18.4. The van der Waals surface area contributed by atoms with Gasteiger partial charge in [-0.25, -0.2) is 4.98 Å². The van der Waals surface area contributed by atoms with Crippen LogP contribution in [0.4, 0.5) is 5.69 Å². The molecule has 0 fully saturated rings. The lowest BCUT2D eigenvalue weighted by Gasteiger charge is -2.12. The molecule has 138 valence electrons. The zero-order chi connectivity index (χ0) is 19.7. The summed E-state index contributed by atoms with van der Waals surface area (Å²) in [7, 11) is 0. The van der Waals surface area contributed by atoms with Crippen molar-refractivity contribution in [3.05, 3.63) is 88.2 Å². The summed E-state index contributed by atoms with van der Waals surface area (Å²) in [5.74, 6) is -0.263. The number of fused-ring (bicyclic) bond motifs is 1. The van der Waals surface area contributed by atoms with Crippen molar-refractivity contribution in [3.8, 4) is 11.3 Å². The number of amides is 1. The smallest absolute Gasteiger partial charge is 0.256 e. The third-order valence-electron chi connectivity index (χ3n) is 4.29. The van der Waals surface area contributed by atoms with Crippen molar-refractivity contribution in [2.24, 2.45) is 0 Å². The van der Waals surface area contributed by atoms with Gasteiger partial charge in [-0.15, -0.1) is 0 Å². The number of aryl methyl sites for hydroxylation is 1. The Bertz CT molecular complexity index is 1170. The van der Waals surface area contributed by atoms with Crippen LogP contribution in [-0.2, 0) is 0 Å². The van der Waals surface area contributed by atoms with Gasteiger partial charge >= 0.3 is 0 Å². The molecule has 0 aliphatic rings. The third kappa shape index (κ3) is 3.84. The van der Waals surface area contributed by atoms with Gasteiger partial charge in [0, 0.05) is 39.1 Å². The lowest BCUT2D eigenvalue weighted by molar-refractivity contribution is 0.102. The average molecular weight is 408 g/mol. The van der Waals surface area contributed by atoms with E-state index < -0.39 is 0 Å². The molecule has 6 heteroatoms. The molecule has 1 amide bonds. The summed E-state index contributed by atoms with van der Waals surface area (Å²) in [5, 5.41) is 4.56. The van der Waals surface area contributed by atoms with E-state index in [1.54, 1.807) is 36.7 Å². The summed E-state index contributed by atoms with van der Waals surface area (Å²) in [5.41, 5.74) is 4.35. The highest BCUT2D eigenvalue weighted by atomic mass is 35.5. The largest absolute Gasteiger partial charge is 0.322 e. The van der Waals surface area contributed by atoms with E-state index in [1.807, 2.05) is 37.3 Å². The number of nitrogens with one attached hydrogen (secondary N) is 1. The van der Waals surface area contributed by atoms with E-state index in [4.69, 9.17) is 28.2 Å². The minimum absolute atomic E-state index is 0.263. The molecule has 1 N–H and O–H groups in total. The van der Waals surface area contributed by atoms with Crippen molar-refractivity contribution in [2.75, 3.05) is 5.32 Å². The summed E-state index contributed by atoms with van der Waals surface area (Å²) >= 11 is 12.1. The van der Waals surface area contributed by atoms with Gasteiger partial charge in [0.2, 0.25) is 0 Å². The molecule has 0 unspecified atom stereocenters. The number of carbonyl (C=O) groups excluding carboxylic acids is 1. The van der Waals surface area contributed by atoms with Crippen molar-refractivity contribution < 1.29 is 4.79 Å². The van der Waals surface area contributed by atoms with Crippen LogP contribution in [-0.4, -0.2) is 15.9 Å². The molecule has 2 aromatic heterocycles. The number of nitrogens with zero attached hydrogens (tertiary/aromatic N) is 2. The molecule has 0 saturated carbocycles. The van der Waals surface area contributed by atoms with Crippen LogP contribution in [0.2, 0.25) is 10.0 Å². The molecule has 28 heavy (non-hydrogen) atoms. The molecule has 2 heterocycles. The predicted octanol–water partition coefficient (Wildman–Crippen LogP) is 6.16. The standard InChI is InChI=1S/C22H15Cl2N3O/c1-13-4-5-20-18(7-13)19(11-21(27-20)14-3-2-6-25-12-14)22(28)26-17-9-15(23)8-16(24)10-17/h2-12H,1H3,(H,26,28). The fourth-order valence-electron chi connectivity index (χ4n) is 3.01. The van der Waals surface area contributed by atoms with Gasteiger partial charge in [-0.3, -0.25) is 9.78 Å². The highest BCUT2D eigenvalue weighted by molar-refractivity contribution is 6.35. The lowest BCUT2D eigenvalue weighted by atomic mass is 10.0. The van der Waals surface area contributed by atoms with Gasteiger partial charge in [0.15, 0.2) is 0 Å². The van der Waals surface area contributed by atoms with Crippen LogP contribution in [0.1, 0.15) is 15.9 Å². The van der Waals surface area contributed by atoms with E-state index in [0.29, 0.717) is 27.0 Å². The van der Waals surface area contributed by atoms with Gasteiger partial charge < -0.3 is 5.32 Å². The van der Waals surface area contributed by atoms with Crippen molar-refractivity contribution in [3.63, 3.8) is 0 Å². The first-order valence-electron chi connectivity index (χ1n) is 8.59. The molecule has 4 aromatic rings. The monoisotopic (exact) mass is 407 g/mol. The van der Waals surface area contributed by atoms with Crippen LogP contribution in [0, 0.1) is 6.92 Å². The second-order valence-corrected chi connectivity index (χ2v) is 7.30. The maximum atomic E-state index is 13.1. The number of rotatable bonds is 3. The molecular weight excluding hydrogens is 393 g/mol. The minimum atomic E-state index is -0.263. The number of hydrogen-bond acceptors (Lipinski definition) is 3.